The molecule has 0 bridgehead atoms. The van der Waals surface area contributed by atoms with Crippen molar-refractivity contribution in [3.63, 3.8) is 0 Å². The van der Waals surface area contributed by atoms with Crippen LogP contribution >= 0.6 is 0 Å². The summed E-state index contributed by atoms with van der Waals surface area (Å²) in [5, 5.41) is 7.69. The maximum Gasteiger partial charge on any atom is 0.230 e. The number of hydrogen-bond acceptors (Lipinski definition) is 7. The number of carbonyl (C=O) groups excluding carboxylic acids is 2. The Labute approximate surface area is 231 Å². The number of fused-ring (bicyclic) bond motifs is 3. The number of halogens is 1. The second kappa shape index (κ2) is 12.5. The number of rotatable bonds is 10. The molecule has 5 rings (SSSR count). The number of anilines is 1. The molecule has 0 spiro atoms. The monoisotopic (exact) mass is 541 g/mol. The van der Waals surface area contributed by atoms with E-state index >= 15 is 0 Å². The second-order valence-corrected chi connectivity index (χ2v) is 11.8. The predicted molar refractivity (Wildman–Crippen MR) is 150 cm³/mol. The minimum absolute atomic E-state index is 0.0289. The van der Waals surface area contributed by atoms with Crippen LogP contribution in [0.4, 0.5) is 10.1 Å². The van der Waals surface area contributed by atoms with Crippen LogP contribution in [0.25, 0.3) is 0 Å². The number of piperazine rings is 1. The van der Waals surface area contributed by atoms with E-state index in [0.717, 1.165) is 70.7 Å². The van der Waals surface area contributed by atoms with Crippen molar-refractivity contribution in [1.29, 1.82) is 0 Å². The van der Waals surface area contributed by atoms with Crippen LogP contribution in [0.5, 0.6) is 0 Å². The number of benzene rings is 1. The highest BCUT2D eigenvalue weighted by atomic mass is 19.1. The molecular formula is C29H44FN7O2. The summed E-state index contributed by atoms with van der Waals surface area (Å²) in [5.74, 6) is 1.44. The summed E-state index contributed by atoms with van der Waals surface area (Å²) >= 11 is 0. The van der Waals surface area contributed by atoms with E-state index in [-0.39, 0.29) is 35.9 Å². The van der Waals surface area contributed by atoms with Crippen LogP contribution < -0.4 is 15.6 Å². The first kappa shape index (κ1) is 27.7. The van der Waals surface area contributed by atoms with E-state index in [4.69, 9.17) is 0 Å². The standard InChI is InChI=1S/C29H44FN7O2/c1-21(2)20-36-28(39)22-8-3-5-10-24(22)37-26(32-33-29(36)37)12-13-27(38)31-14-7-15-34-16-18-35(19-17-34)25-11-6-4-9-23(25)30/h4,6,9,11,21-22,24,29,33H,3,5,7-8,10,12-20H2,1-2H3,(H,31,38). The van der Waals surface area contributed by atoms with Gasteiger partial charge in [-0.3, -0.25) is 19.9 Å². The van der Waals surface area contributed by atoms with Gasteiger partial charge in [-0.1, -0.05) is 38.8 Å². The molecule has 1 aliphatic carbocycles. The van der Waals surface area contributed by atoms with Gasteiger partial charge in [0.25, 0.3) is 0 Å². The summed E-state index contributed by atoms with van der Waals surface area (Å²) in [6.45, 7) is 9.94. The molecule has 10 heteroatoms. The molecule has 1 aromatic rings. The van der Waals surface area contributed by atoms with E-state index in [1.165, 1.54) is 6.07 Å². The van der Waals surface area contributed by atoms with E-state index in [0.29, 0.717) is 37.5 Å². The van der Waals surface area contributed by atoms with Crippen molar-refractivity contribution in [2.24, 2.45) is 16.9 Å². The molecule has 3 aliphatic heterocycles. The fourth-order valence-electron chi connectivity index (χ4n) is 6.58. The van der Waals surface area contributed by atoms with Crippen LogP contribution in [-0.4, -0.2) is 90.5 Å². The molecule has 2 amide bonds. The van der Waals surface area contributed by atoms with Crippen molar-refractivity contribution in [1.82, 2.24) is 25.4 Å². The molecule has 2 N–H and O–H groups in total. The molecule has 39 heavy (non-hydrogen) atoms. The molecule has 9 nitrogen and oxygen atoms in total. The van der Waals surface area contributed by atoms with E-state index in [1.807, 2.05) is 17.0 Å². The van der Waals surface area contributed by atoms with Crippen LogP contribution in [0.3, 0.4) is 0 Å². The molecule has 3 atom stereocenters. The average molecular weight is 542 g/mol. The summed E-state index contributed by atoms with van der Waals surface area (Å²) in [4.78, 5) is 34.7. The van der Waals surface area contributed by atoms with Crippen molar-refractivity contribution in [2.45, 2.75) is 71.1 Å². The van der Waals surface area contributed by atoms with Gasteiger partial charge >= 0.3 is 0 Å². The van der Waals surface area contributed by atoms with E-state index in [1.54, 1.807) is 6.07 Å². The fourth-order valence-corrected chi connectivity index (χ4v) is 6.58. The van der Waals surface area contributed by atoms with Crippen LogP contribution in [0.15, 0.2) is 29.4 Å². The van der Waals surface area contributed by atoms with Gasteiger partial charge in [-0.05, 0) is 43.9 Å². The number of hydrazone groups is 1. The quantitative estimate of drug-likeness (QED) is 0.444. The normalized spacial score (nSPS) is 25.3. The van der Waals surface area contributed by atoms with Crippen molar-refractivity contribution >= 4 is 23.3 Å². The van der Waals surface area contributed by atoms with Crippen molar-refractivity contribution in [2.75, 3.05) is 50.7 Å². The SMILES string of the molecule is CC(C)CN1C(=O)C2CCCCC2N2C(CCC(=O)NCCCN3CCN(c4ccccc4F)CC3)=NNC12. The number of amides is 2. The lowest BCUT2D eigenvalue weighted by Crippen LogP contribution is -2.67. The Bertz CT molecular complexity index is 1040. The topological polar surface area (TPSA) is 83.5 Å². The van der Waals surface area contributed by atoms with Gasteiger partial charge < -0.3 is 20.0 Å². The third kappa shape index (κ3) is 6.31. The molecule has 0 radical (unpaired) electrons. The van der Waals surface area contributed by atoms with Crippen molar-refractivity contribution < 1.29 is 14.0 Å². The van der Waals surface area contributed by atoms with Gasteiger partial charge in [0, 0.05) is 58.2 Å². The molecule has 3 heterocycles. The Morgan fingerprint density at radius 2 is 1.92 bits per heavy atom. The molecule has 4 aliphatic rings. The van der Waals surface area contributed by atoms with Gasteiger partial charge in [0.1, 0.15) is 11.7 Å². The predicted octanol–water partition coefficient (Wildman–Crippen LogP) is 2.79. The molecular weight excluding hydrogens is 497 g/mol. The van der Waals surface area contributed by atoms with E-state index in [2.05, 4.69) is 44.4 Å². The molecule has 3 fully saturated rings. The first-order chi connectivity index (χ1) is 18.9. The van der Waals surface area contributed by atoms with Crippen LogP contribution in [0.2, 0.25) is 0 Å². The maximum atomic E-state index is 14.1. The molecule has 0 aromatic heterocycles. The Balaban J connectivity index is 1.04. The number of amidine groups is 1. The molecule has 3 unspecified atom stereocenters. The van der Waals surface area contributed by atoms with Gasteiger partial charge in [0.15, 0.2) is 6.29 Å². The van der Waals surface area contributed by atoms with Crippen LogP contribution in [-0.2, 0) is 9.59 Å². The first-order valence-corrected chi connectivity index (χ1v) is 14.8. The third-order valence-corrected chi connectivity index (χ3v) is 8.53. The van der Waals surface area contributed by atoms with Crippen molar-refractivity contribution in [3.05, 3.63) is 30.1 Å². The average Bonchev–Trinajstić information content (AvgIpc) is 3.37. The smallest absolute Gasteiger partial charge is 0.230 e. The lowest BCUT2D eigenvalue weighted by molar-refractivity contribution is -0.156. The summed E-state index contributed by atoms with van der Waals surface area (Å²) in [7, 11) is 0. The van der Waals surface area contributed by atoms with Gasteiger partial charge in [-0.2, -0.15) is 5.10 Å². The Morgan fingerprint density at radius 1 is 1.15 bits per heavy atom. The largest absolute Gasteiger partial charge is 0.367 e. The van der Waals surface area contributed by atoms with Gasteiger partial charge in [0.05, 0.1) is 11.6 Å². The van der Waals surface area contributed by atoms with E-state index < -0.39 is 0 Å². The number of carbonyl (C=O) groups is 2. The zero-order valence-electron chi connectivity index (χ0n) is 23.4. The summed E-state index contributed by atoms with van der Waals surface area (Å²) in [6, 6.07) is 7.13. The van der Waals surface area contributed by atoms with Crippen molar-refractivity contribution in [3.8, 4) is 0 Å². The zero-order chi connectivity index (χ0) is 27.4. The Kier molecular flexibility index (Phi) is 8.89. The molecule has 1 aromatic carbocycles. The summed E-state index contributed by atoms with van der Waals surface area (Å²) < 4.78 is 14.1. The minimum Gasteiger partial charge on any atom is -0.367 e. The Hall–Kier alpha value is -2.88. The summed E-state index contributed by atoms with van der Waals surface area (Å²) in [6.07, 6.45) is 5.80. The molecule has 2 saturated heterocycles. The van der Waals surface area contributed by atoms with Gasteiger partial charge in [-0.25, -0.2) is 4.39 Å². The van der Waals surface area contributed by atoms with Gasteiger partial charge in [0.2, 0.25) is 11.8 Å². The van der Waals surface area contributed by atoms with Crippen LogP contribution in [0, 0.1) is 17.7 Å². The number of hydrogen-bond donors (Lipinski definition) is 2. The molecule has 1 saturated carbocycles. The minimum atomic E-state index is -0.226. The highest BCUT2D eigenvalue weighted by Crippen LogP contribution is 2.38. The number of nitrogens with zero attached hydrogens (tertiary/aromatic N) is 5. The molecule has 214 valence electrons. The Morgan fingerprint density at radius 3 is 2.69 bits per heavy atom. The van der Waals surface area contributed by atoms with E-state index in [9.17, 15) is 14.0 Å². The number of nitrogens with one attached hydrogen (secondary N) is 2. The summed E-state index contributed by atoms with van der Waals surface area (Å²) in [5.41, 5.74) is 3.90. The second-order valence-electron chi connectivity index (χ2n) is 11.8. The third-order valence-electron chi connectivity index (χ3n) is 8.53. The zero-order valence-corrected chi connectivity index (χ0v) is 23.4. The fraction of sp³-hybridized carbons (Fsp3) is 0.690. The maximum absolute atomic E-state index is 14.1. The highest BCUT2D eigenvalue weighted by molar-refractivity contribution is 5.91. The van der Waals surface area contributed by atoms with Gasteiger partial charge in [-0.15, -0.1) is 0 Å². The first-order valence-electron chi connectivity index (χ1n) is 14.8. The van der Waals surface area contributed by atoms with Crippen LogP contribution in [0.1, 0.15) is 58.8 Å². The highest BCUT2D eigenvalue weighted by Gasteiger charge is 2.50. The lowest BCUT2D eigenvalue weighted by atomic mass is 9.80. The lowest BCUT2D eigenvalue weighted by Gasteiger charge is -2.51. The number of para-hydroxylation sites is 1.